The molecule has 1 unspecified atom stereocenters. The van der Waals surface area contributed by atoms with Crippen LogP contribution >= 0.6 is 0 Å². The summed E-state index contributed by atoms with van der Waals surface area (Å²) in [6.07, 6.45) is 4.55. The Balaban J connectivity index is 2.31. The molecule has 0 spiro atoms. The SMILES string of the molecule is CCCCCC(NC(C)=O)c1cccc2ccccc12. The molecular formula is C18H23NO. The summed E-state index contributed by atoms with van der Waals surface area (Å²) in [5.74, 6) is 0.0411. The maximum absolute atomic E-state index is 11.5. The van der Waals surface area contributed by atoms with Crippen LogP contribution in [0.3, 0.4) is 0 Å². The van der Waals surface area contributed by atoms with Crippen LogP contribution in [0.5, 0.6) is 0 Å². The van der Waals surface area contributed by atoms with E-state index in [1.165, 1.54) is 29.2 Å². The third-order valence-corrected chi connectivity index (χ3v) is 3.67. The van der Waals surface area contributed by atoms with Crippen molar-refractivity contribution in [2.24, 2.45) is 0 Å². The first-order valence-electron chi connectivity index (χ1n) is 7.47. The van der Waals surface area contributed by atoms with E-state index in [1.807, 2.05) is 0 Å². The Bertz CT molecular complexity index is 571. The van der Waals surface area contributed by atoms with Gasteiger partial charge in [0.15, 0.2) is 0 Å². The molecular weight excluding hydrogens is 246 g/mol. The molecule has 0 heterocycles. The Hall–Kier alpha value is -1.83. The fourth-order valence-electron chi connectivity index (χ4n) is 2.70. The Morgan fingerprint density at radius 3 is 2.60 bits per heavy atom. The molecule has 1 N–H and O–H groups in total. The van der Waals surface area contributed by atoms with Crippen LogP contribution < -0.4 is 5.32 Å². The van der Waals surface area contributed by atoms with Gasteiger partial charge in [-0.05, 0) is 22.8 Å². The number of hydrogen-bond acceptors (Lipinski definition) is 1. The molecule has 2 rings (SSSR count). The second kappa shape index (κ2) is 7.09. The van der Waals surface area contributed by atoms with Gasteiger partial charge in [-0.25, -0.2) is 0 Å². The molecule has 0 aliphatic heterocycles. The lowest BCUT2D eigenvalue weighted by Gasteiger charge is -2.20. The van der Waals surface area contributed by atoms with Gasteiger partial charge < -0.3 is 5.32 Å². The molecule has 2 aromatic rings. The molecule has 0 fully saturated rings. The molecule has 2 aromatic carbocycles. The van der Waals surface area contributed by atoms with Crippen LogP contribution in [-0.2, 0) is 4.79 Å². The van der Waals surface area contributed by atoms with E-state index in [2.05, 4.69) is 54.7 Å². The van der Waals surface area contributed by atoms with Gasteiger partial charge in [-0.15, -0.1) is 0 Å². The molecule has 2 nitrogen and oxygen atoms in total. The van der Waals surface area contributed by atoms with E-state index in [-0.39, 0.29) is 11.9 Å². The summed E-state index contributed by atoms with van der Waals surface area (Å²) < 4.78 is 0. The van der Waals surface area contributed by atoms with E-state index in [0.717, 1.165) is 12.8 Å². The molecule has 0 saturated heterocycles. The summed E-state index contributed by atoms with van der Waals surface area (Å²) >= 11 is 0. The molecule has 0 bridgehead atoms. The first-order chi connectivity index (χ1) is 9.72. The van der Waals surface area contributed by atoms with Crippen LogP contribution in [0.4, 0.5) is 0 Å². The van der Waals surface area contributed by atoms with Gasteiger partial charge in [0.1, 0.15) is 0 Å². The van der Waals surface area contributed by atoms with Crippen molar-refractivity contribution in [2.45, 2.75) is 45.6 Å². The standard InChI is InChI=1S/C18H23NO/c1-3-4-5-13-18(19-14(2)20)17-12-8-10-15-9-6-7-11-16(15)17/h6-12,18H,3-5,13H2,1-2H3,(H,19,20). The van der Waals surface area contributed by atoms with Gasteiger partial charge in [0.05, 0.1) is 6.04 Å². The number of unbranched alkanes of at least 4 members (excludes halogenated alkanes) is 2. The third kappa shape index (κ3) is 3.60. The van der Waals surface area contributed by atoms with E-state index in [9.17, 15) is 4.79 Å². The minimum Gasteiger partial charge on any atom is -0.350 e. The lowest BCUT2D eigenvalue weighted by Crippen LogP contribution is -2.26. The fourth-order valence-corrected chi connectivity index (χ4v) is 2.70. The van der Waals surface area contributed by atoms with Crippen molar-refractivity contribution in [1.29, 1.82) is 0 Å². The molecule has 0 radical (unpaired) electrons. The van der Waals surface area contributed by atoms with Crippen molar-refractivity contribution < 1.29 is 4.79 Å². The molecule has 2 heteroatoms. The van der Waals surface area contributed by atoms with Gasteiger partial charge in [-0.2, -0.15) is 0 Å². The Morgan fingerprint density at radius 2 is 1.85 bits per heavy atom. The van der Waals surface area contributed by atoms with Gasteiger partial charge in [-0.1, -0.05) is 68.7 Å². The molecule has 20 heavy (non-hydrogen) atoms. The highest BCUT2D eigenvalue weighted by Crippen LogP contribution is 2.27. The molecule has 0 aromatic heterocycles. The summed E-state index contributed by atoms with van der Waals surface area (Å²) in [7, 11) is 0. The Labute approximate surface area is 121 Å². The monoisotopic (exact) mass is 269 g/mol. The maximum Gasteiger partial charge on any atom is 0.217 e. The van der Waals surface area contributed by atoms with Crippen molar-refractivity contribution in [3.05, 3.63) is 48.0 Å². The van der Waals surface area contributed by atoms with Gasteiger partial charge in [0.25, 0.3) is 0 Å². The molecule has 0 aliphatic carbocycles. The van der Waals surface area contributed by atoms with Crippen LogP contribution in [0.15, 0.2) is 42.5 Å². The Morgan fingerprint density at radius 1 is 1.10 bits per heavy atom. The highest BCUT2D eigenvalue weighted by atomic mass is 16.1. The second-order valence-corrected chi connectivity index (χ2v) is 5.32. The van der Waals surface area contributed by atoms with Crippen LogP contribution in [0.2, 0.25) is 0 Å². The average Bonchev–Trinajstić information content (AvgIpc) is 2.45. The predicted molar refractivity (Wildman–Crippen MR) is 84.6 cm³/mol. The molecule has 1 amide bonds. The van der Waals surface area contributed by atoms with E-state index in [4.69, 9.17) is 0 Å². The zero-order valence-electron chi connectivity index (χ0n) is 12.4. The molecule has 0 saturated carbocycles. The quantitative estimate of drug-likeness (QED) is 0.763. The maximum atomic E-state index is 11.5. The minimum atomic E-state index is 0.0411. The van der Waals surface area contributed by atoms with Crippen LogP contribution in [0.1, 0.15) is 51.1 Å². The number of rotatable bonds is 6. The first-order valence-corrected chi connectivity index (χ1v) is 7.47. The summed E-state index contributed by atoms with van der Waals surface area (Å²) in [6, 6.07) is 14.8. The highest BCUT2D eigenvalue weighted by molar-refractivity contribution is 5.86. The number of benzene rings is 2. The zero-order valence-corrected chi connectivity index (χ0v) is 12.4. The van der Waals surface area contributed by atoms with Crippen molar-refractivity contribution in [2.75, 3.05) is 0 Å². The lowest BCUT2D eigenvalue weighted by molar-refractivity contribution is -0.119. The largest absolute Gasteiger partial charge is 0.350 e. The van der Waals surface area contributed by atoms with Crippen LogP contribution in [0.25, 0.3) is 10.8 Å². The fraction of sp³-hybridized carbons (Fsp3) is 0.389. The van der Waals surface area contributed by atoms with E-state index >= 15 is 0 Å². The second-order valence-electron chi connectivity index (χ2n) is 5.32. The number of carbonyl (C=O) groups excluding carboxylic acids is 1. The predicted octanol–water partition coefficient (Wildman–Crippen LogP) is 4.60. The highest BCUT2D eigenvalue weighted by Gasteiger charge is 2.14. The van der Waals surface area contributed by atoms with Crippen molar-refractivity contribution in [3.63, 3.8) is 0 Å². The Kier molecular flexibility index (Phi) is 5.16. The average molecular weight is 269 g/mol. The van der Waals surface area contributed by atoms with Crippen LogP contribution in [-0.4, -0.2) is 5.91 Å². The number of nitrogens with one attached hydrogen (secondary N) is 1. The van der Waals surface area contributed by atoms with Gasteiger partial charge >= 0.3 is 0 Å². The molecule has 106 valence electrons. The number of carbonyl (C=O) groups is 1. The molecule has 1 atom stereocenters. The normalized spacial score (nSPS) is 12.3. The summed E-state index contributed by atoms with van der Waals surface area (Å²) in [5, 5.41) is 5.58. The summed E-state index contributed by atoms with van der Waals surface area (Å²) in [6.45, 7) is 3.79. The topological polar surface area (TPSA) is 29.1 Å². The van der Waals surface area contributed by atoms with Gasteiger partial charge in [0.2, 0.25) is 5.91 Å². The van der Waals surface area contributed by atoms with E-state index < -0.39 is 0 Å². The van der Waals surface area contributed by atoms with Crippen molar-refractivity contribution >= 4 is 16.7 Å². The first kappa shape index (κ1) is 14.6. The number of amides is 1. The van der Waals surface area contributed by atoms with Crippen molar-refractivity contribution in [1.82, 2.24) is 5.32 Å². The summed E-state index contributed by atoms with van der Waals surface area (Å²) in [5.41, 5.74) is 1.23. The zero-order chi connectivity index (χ0) is 14.4. The third-order valence-electron chi connectivity index (χ3n) is 3.67. The molecule has 0 aliphatic rings. The van der Waals surface area contributed by atoms with E-state index in [0.29, 0.717) is 0 Å². The van der Waals surface area contributed by atoms with Gasteiger partial charge in [0, 0.05) is 6.92 Å². The number of hydrogen-bond donors (Lipinski definition) is 1. The smallest absolute Gasteiger partial charge is 0.217 e. The van der Waals surface area contributed by atoms with Gasteiger partial charge in [-0.3, -0.25) is 4.79 Å². The summed E-state index contributed by atoms with van der Waals surface area (Å²) in [4.78, 5) is 11.5. The van der Waals surface area contributed by atoms with E-state index in [1.54, 1.807) is 6.92 Å². The number of fused-ring (bicyclic) bond motifs is 1. The lowest BCUT2D eigenvalue weighted by atomic mass is 9.95. The van der Waals surface area contributed by atoms with Crippen LogP contribution in [0, 0.1) is 0 Å². The minimum absolute atomic E-state index is 0.0411. The van der Waals surface area contributed by atoms with Crippen molar-refractivity contribution in [3.8, 4) is 0 Å².